The number of aryl methyl sites for hydroxylation is 1. The van der Waals surface area contributed by atoms with Crippen LogP contribution in [-0.4, -0.2) is 36.5 Å². The summed E-state index contributed by atoms with van der Waals surface area (Å²) in [6.07, 6.45) is 3.41. The summed E-state index contributed by atoms with van der Waals surface area (Å²) in [6.45, 7) is 0. The summed E-state index contributed by atoms with van der Waals surface area (Å²) in [5.41, 5.74) is 1.38. The number of nitrogens with one attached hydrogen (secondary N) is 3. The smallest absolute Gasteiger partial charge is 0.263 e. The molecule has 0 fully saturated rings. The quantitative estimate of drug-likeness (QED) is 0.398. The van der Waals surface area contributed by atoms with Crippen LogP contribution in [0.4, 0.5) is 11.5 Å². The molecule has 3 aromatic rings. The number of benzene rings is 2. The topological polar surface area (TPSA) is 122 Å². The van der Waals surface area contributed by atoms with E-state index in [2.05, 4.69) is 25.3 Å². The molecule has 33 heavy (non-hydrogen) atoms. The second-order valence-corrected chi connectivity index (χ2v) is 9.14. The van der Waals surface area contributed by atoms with Gasteiger partial charge in [0, 0.05) is 29.5 Å². The Bertz CT molecular complexity index is 1250. The largest absolute Gasteiger partial charge is 0.478 e. The Balaban J connectivity index is 1.55. The molecule has 2 aromatic carbocycles. The van der Waals surface area contributed by atoms with E-state index >= 15 is 0 Å². The molecule has 1 amide bonds. The molecule has 0 aliphatic heterocycles. The molecule has 0 atom stereocenters. The van der Waals surface area contributed by atoms with Crippen LogP contribution < -0.4 is 20.1 Å². The number of rotatable bonds is 8. The molecule has 0 bridgehead atoms. The zero-order chi connectivity index (χ0) is 23.8. The van der Waals surface area contributed by atoms with Crippen molar-refractivity contribution in [2.45, 2.75) is 17.7 Å². The summed E-state index contributed by atoms with van der Waals surface area (Å²) < 4.78 is 32.6. The number of hydrogen-bond acceptors (Lipinski definition) is 7. The van der Waals surface area contributed by atoms with Crippen molar-refractivity contribution in [1.29, 1.82) is 0 Å². The van der Waals surface area contributed by atoms with Gasteiger partial charge in [0.05, 0.1) is 12.0 Å². The zero-order valence-corrected chi connectivity index (χ0v) is 19.8. The van der Waals surface area contributed by atoms with Crippen LogP contribution >= 0.6 is 23.8 Å². The Hall–Kier alpha value is -3.28. The van der Waals surface area contributed by atoms with E-state index in [1.807, 2.05) is 18.2 Å². The fraction of sp³-hybridized carbons (Fsp3) is 0.143. The van der Waals surface area contributed by atoms with Crippen LogP contribution in [0.1, 0.15) is 12.0 Å². The van der Waals surface area contributed by atoms with Crippen LogP contribution in [0.2, 0.25) is 5.02 Å². The first-order valence-electron chi connectivity index (χ1n) is 9.60. The van der Waals surface area contributed by atoms with Crippen LogP contribution in [-0.2, 0) is 21.2 Å². The van der Waals surface area contributed by atoms with Crippen molar-refractivity contribution in [1.82, 2.24) is 15.3 Å². The van der Waals surface area contributed by atoms with Gasteiger partial charge in [-0.25, -0.2) is 18.4 Å². The molecule has 172 valence electrons. The molecule has 1 heterocycles. The average molecular weight is 506 g/mol. The zero-order valence-electron chi connectivity index (χ0n) is 17.4. The maximum absolute atomic E-state index is 12.6. The normalized spacial score (nSPS) is 10.8. The molecule has 0 aliphatic rings. The van der Waals surface area contributed by atoms with E-state index < -0.39 is 10.0 Å². The number of methoxy groups -OCH3 is 1. The molecule has 3 rings (SSSR count). The standard InChI is InChI=1S/C21H20ClN5O4S2/c1-31-20-19(23-12-13-24-20)27-33(29,30)16-9-7-15(8-10-16)25-21(32)26-18(28)11-6-14-4-2-3-5-17(14)22/h2-5,7-10,12-13H,6,11H2,1H3,(H,23,27)(H2,25,26,28,32). The molecule has 9 nitrogen and oxygen atoms in total. The lowest BCUT2D eigenvalue weighted by Crippen LogP contribution is -2.34. The Morgan fingerprint density at radius 2 is 1.79 bits per heavy atom. The maximum atomic E-state index is 12.6. The highest BCUT2D eigenvalue weighted by Crippen LogP contribution is 2.22. The van der Waals surface area contributed by atoms with Gasteiger partial charge in [-0.1, -0.05) is 29.8 Å². The third kappa shape index (κ3) is 6.85. The van der Waals surface area contributed by atoms with Crippen LogP contribution in [0.15, 0.2) is 65.8 Å². The number of amides is 1. The molecule has 3 N–H and O–H groups in total. The molecule has 0 aliphatic carbocycles. The number of ether oxygens (including phenoxy) is 1. The van der Waals surface area contributed by atoms with Crippen molar-refractivity contribution in [3.8, 4) is 5.88 Å². The van der Waals surface area contributed by atoms with Crippen LogP contribution in [0.5, 0.6) is 5.88 Å². The van der Waals surface area contributed by atoms with E-state index in [1.165, 1.54) is 43.8 Å². The SMILES string of the molecule is COc1nccnc1NS(=O)(=O)c1ccc(NC(=S)NC(=O)CCc2ccccc2Cl)cc1. The number of carbonyl (C=O) groups is 1. The summed E-state index contributed by atoms with van der Waals surface area (Å²) >= 11 is 11.3. The van der Waals surface area contributed by atoms with Gasteiger partial charge in [0.2, 0.25) is 11.7 Å². The molecule has 0 saturated heterocycles. The fourth-order valence-corrected chi connectivity index (χ4v) is 4.22. The van der Waals surface area contributed by atoms with Crippen molar-refractivity contribution < 1.29 is 17.9 Å². The summed E-state index contributed by atoms with van der Waals surface area (Å²) in [4.78, 5) is 20.0. The van der Waals surface area contributed by atoms with Crippen molar-refractivity contribution in [2.24, 2.45) is 0 Å². The minimum absolute atomic E-state index is 0.00421. The fourth-order valence-electron chi connectivity index (χ4n) is 2.75. The average Bonchev–Trinajstić information content (AvgIpc) is 2.79. The highest BCUT2D eigenvalue weighted by molar-refractivity contribution is 7.92. The van der Waals surface area contributed by atoms with Gasteiger partial charge in [-0.2, -0.15) is 0 Å². The van der Waals surface area contributed by atoms with Crippen LogP contribution in [0.3, 0.4) is 0 Å². The molecule has 0 spiro atoms. The van der Waals surface area contributed by atoms with Crippen molar-refractivity contribution in [3.05, 3.63) is 71.5 Å². The molecule has 0 saturated carbocycles. The summed E-state index contributed by atoms with van der Waals surface area (Å²) in [5.74, 6) is -0.244. The summed E-state index contributed by atoms with van der Waals surface area (Å²) in [7, 11) is -2.56. The summed E-state index contributed by atoms with van der Waals surface area (Å²) in [5, 5.41) is 6.13. The van der Waals surface area contributed by atoms with Crippen LogP contribution in [0, 0.1) is 0 Å². The first-order valence-corrected chi connectivity index (χ1v) is 11.9. The van der Waals surface area contributed by atoms with Gasteiger partial charge in [-0.15, -0.1) is 0 Å². The Kier molecular flexibility index (Phi) is 8.15. The van der Waals surface area contributed by atoms with Gasteiger partial charge in [0.15, 0.2) is 5.11 Å². The molecule has 1 aromatic heterocycles. The number of thiocarbonyl (C=S) groups is 1. The predicted molar refractivity (Wildman–Crippen MR) is 130 cm³/mol. The van der Waals surface area contributed by atoms with Gasteiger partial charge in [0.1, 0.15) is 0 Å². The highest BCUT2D eigenvalue weighted by Gasteiger charge is 2.18. The van der Waals surface area contributed by atoms with Crippen LogP contribution in [0.25, 0.3) is 0 Å². The number of nitrogens with zero attached hydrogens (tertiary/aromatic N) is 2. The molecular formula is C21H20ClN5O4S2. The van der Waals surface area contributed by atoms with E-state index in [4.69, 9.17) is 28.6 Å². The molecular weight excluding hydrogens is 486 g/mol. The van der Waals surface area contributed by atoms with E-state index in [0.717, 1.165) is 5.56 Å². The van der Waals surface area contributed by atoms with Crippen molar-refractivity contribution in [2.75, 3.05) is 17.1 Å². The van der Waals surface area contributed by atoms with Gasteiger partial charge >= 0.3 is 0 Å². The van der Waals surface area contributed by atoms with Crippen molar-refractivity contribution >= 4 is 56.4 Å². The number of hydrogen-bond donors (Lipinski definition) is 3. The highest BCUT2D eigenvalue weighted by atomic mass is 35.5. The molecule has 12 heteroatoms. The number of halogens is 1. The second-order valence-electron chi connectivity index (χ2n) is 6.64. The third-order valence-corrected chi connectivity index (χ3v) is 6.27. The minimum atomic E-state index is -3.92. The van der Waals surface area contributed by atoms with E-state index in [9.17, 15) is 13.2 Å². The first-order chi connectivity index (χ1) is 15.8. The van der Waals surface area contributed by atoms with Gasteiger partial charge in [-0.05, 0) is 54.5 Å². The number of anilines is 2. The number of aromatic nitrogens is 2. The monoisotopic (exact) mass is 505 g/mol. The minimum Gasteiger partial charge on any atom is -0.478 e. The van der Waals surface area contributed by atoms with Gasteiger partial charge < -0.3 is 15.4 Å². The maximum Gasteiger partial charge on any atom is 0.263 e. The second kappa shape index (κ2) is 11.0. The molecule has 0 radical (unpaired) electrons. The third-order valence-electron chi connectivity index (χ3n) is 4.34. The number of carbonyl (C=O) groups excluding carboxylic acids is 1. The lowest BCUT2D eigenvalue weighted by atomic mass is 10.1. The lowest BCUT2D eigenvalue weighted by Gasteiger charge is -2.12. The van der Waals surface area contributed by atoms with Crippen molar-refractivity contribution in [3.63, 3.8) is 0 Å². The summed E-state index contributed by atoms with van der Waals surface area (Å²) in [6, 6.07) is 13.1. The number of sulfonamides is 1. The first kappa shape index (κ1) is 24.4. The Labute approximate surface area is 201 Å². The Morgan fingerprint density at radius 1 is 1.09 bits per heavy atom. The van der Waals surface area contributed by atoms with Gasteiger partial charge in [-0.3, -0.25) is 9.52 Å². The van der Waals surface area contributed by atoms with E-state index in [0.29, 0.717) is 17.1 Å². The Morgan fingerprint density at radius 3 is 2.48 bits per heavy atom. The van der Waals surface area contributed by atoms with Gasteiger partial charge in [0.25, 0.3) is 15.9 Å². The van der Waals surface area contributed by atoms with E-state index in [1.54, 1.807) is 6.07 Å². The lowest BCUT2D eigenvalue weighted by molar-refractivity contribution is -0.119. The molecule has 0 unspecified atom stereocenters. The predicted octanol–water partition coefficient (Wildman–Crippen LogP) is 3.39. The van der Waals surface area contributed by atoms with E-state index in [-0.39, 0.29) is 34.0 Å².